The van der Waals surface area contributed by atoms with Gasteiger partial charge < -0.3 is 24.2 Å². The molecule has 3 aromatic rings. The van der Waals surface area contributed by atoms with Gasteiger partial charge in [0.05, 0.1) is 19.3 Å². The van der Waals surface area contributed by atoms with Gasteiger partial charge in [-0.1, -0.05) is 5.16 Å². The molecule has 9 heteroatoms. The number of pyridine rings is 1. The van der Waals surface area contributed by atoms with Crippen molar-refractivity contribution in [3.8, 4) is 17.2 Å². The summed E-state index contributed by atoms with van der Waals surface area (Å²) in [5, 5.41) is 8.41. The maximum Gasteiger partial charge on any atom is 0.261 e. The molecule has 3 atom stereocenters. The summed E-state index contributed by atoms with van der Waals surface area (Å²) in [5.41, 5.74) is 1.91. The maximum absolute atomic E-state index is 15.1. The van der Waals surface area contributed by atoms with Crippen molar-refractivity contribution < 1.29 is 18.4 Å². The highest BCUT2D eigenvalue weighted by atomic mass is 19.1. The fourth-order valence-corrected chi connectivity index (χ4v) is 5.06. The number of fused-ring (bicyclic) bond motifs is 1. The number of rotatable bonds is 5. The van der Waals surface area contributed by atoms with E-state index in [4.69, 9.17) is 19.0 Å². The molecule has 0 radical (unpaired) electrons. The Hall–Kier alpha value is -2.78. The predicted molar refractivity (Wildman–Crippen MR) is 123 cm³/mol. The number of halogens is 1. The molecule has 0 bridgehead atoms. The molecule has 1 N–H and O–H groups in total. The third-order valence-electron chi connectivity index (χ3n) is 6.78. The number of methoxy groups -OCH3 is 1. The summed E-state index contributed by atoms with van der Waals surface area (Å²) in [6.07, 6.45) is 2.99. The molecule has 33 heavy (non-hydrogen) atoms. The Morgan fingerprint density at radius 1 is 1.18 bits per heavy atom. The first-order chi connectivity index (χ1) is 15.9. The summed E-state index contributed by atoms with van der Waals surface area (Å²) in [6, 6.07) is 4.22. The second kappa shape index (κ2) is 8.87. The Morgan fingerprint density at radius 3 is 2.70 bits per heavy atom. The number of nitrogens with one attached hydrogen (secondary N) is 1. The second-order valence-corrected chi connectivity index (χ2v) is 9.08. The van der Waals surface area contributed by atoms with Crippen LogP contribution in [0, 0.1) is 19.7 Å². The molecule has 0 unspecified atom stereocenters. The fourth-order valence-electron chi connectivity index (χ4n) is 5.06. The summed E-state index contributed by atoms with van der Waals surface area (Å²) in [5.74, 6) is 1.66. The normalized spacial score (nSPS) is 23.4. The zero-order chi connectivity index (χ0) is 23.1. The molecule has 0 spiro atoms. The highest BCUT2D eigenvalue weighted by Crippen LogP contribution is 2.40. The molecule has 2 fully saturated rings. The molecule has 0 saturated carbocycles. The number of benzene rings is 1. The highest BCUT2D eigenvalue weighted by molar-refractivity contribution is 5.93. The van der Waals surface area contributed by atoms with E-state index in [1.54, 1.807) is 13.0 Å². The van der Waals surface area contributed by atoms with Gasteiger partial charge in [0.1, 0.15) is 17.1 Å². The minimum Gasteiger partial charge on any atom is -0.497 e. The molecule has 2 aromatic heterocycles. The SMILES string of the molecule is COc1cc(F)c2nc(N3CC[C@H](N[C@H]4CCOC4)C[C@H]3C)c(-c3nc(C)no3)c(C)c2c1. The zero-order valence-corrected chi connectivity index (χ0v) is 19.5. The van der Waals surface area contributed by atoms with E-state index in [0.29, 0.717) is 46.3 Å². The first-order valence-electron chi connectivity index (χ1n) is 11.5. The Bertz CT molecular complexity index is 1160. The molecule has 2 saturated heterocycles. The van der Waals surface area contributed by atoms with Crippen LogP contribution in [0.25, 0.3) is 22.4 Å². The van der Waals surface area contributed by atoms with Gasteiger partial charge in [0, 0.05) is 42.7 Å². The molecular formula is C24H30FN5O3. The Labute approximate surface area is 192 Å². The van der Waals surface area contributed by atoms with Crippen LogP contribution >= 0.6 is 0 Å². The molecule has 2 aliphatic rings. The van der Waals surface area contributed by atoms with E-state index < -0.39 is 5.82 Å². The van der Waals surface area contributed by atoms with Crippen LogP contribution in [-0.4, -0.2) is 60.1 Å². The monoisotopic (exact) mass is 455 g/mol. The Morgan fingerprint density at radius 2 is 2.03 bits per heavy atom. The number of piperidine rings is 1. The van der Waals surface area contributed by atoms with Gasteiger partial charge >= 0.3 is 0 Å². The fraction of sp³-hybridized carbons (Fsp3) is 0.542. The predicted octanol–water partition coefficient (Wildman–Crippen LogP) is 3.79. The molecule has 0 aliphatic carbocycles. The van der Waals surface area contributed by atoms with Crippen LogP contribution in [0.5, 0.6) is 5.75 Å². The largest absolute Gasteiger partial charge is 0.497 e. The van der Waals surface area contributed by atoms with E-state index in [0.717, 1.165) is 50.1 Å². The van der Waals surface area contributed by atoms with E-state index in [1.165, 1.54) is 13.2 Å². The van der Waals surface area contributed by atoms with E-state index in [1.807, 2.05) is 6.92 Å². The molecule has 0 amide bonds. The smallest absolute Gasteiger partial charge is 0.261 e. The quantitative estimate of drug-likeness (QED) is 0.622. The van der Waals surface area contributed by atoms with Crippen LogP contribution < -0.4 is 15.0 Å². The highest BCUT2D eigenvalue weighted by Gasteiger charge is 2.32. The van der Waals surface area contributed by atoms with Crippen LogP contribution in [0.15, 0.2) is 16.7 Å². The number of aromatic nitrogens is 3. The van der Waals surface area contributed by atoms with E-state index in [-0.39, 0.29) is 6.04 Å². The number of hydrogen-bond acceptors (Lipinski definition) is 8. The van der Waals surface area contributed by atoms with E-state index in [9.17, 15) is 0 Å². The van der Waals surface area contributed by atoms with Crippen molar-refractivity contribution >= 4 is 16.7 Å². The van der Waals surface area contributed by atoms with Gasteiger partial charge in [-0.3, -0.25) is 0 Å². The zero-order valence-electron chi connectivity index (χ0n) is 19.5. The van der Waals surface area contributed by atoms with Crippen LogP contribution in [0.1, 0.15) is 37.6 Å². The third kappa shape index (κ3) is 4.15. The summed E-state index contributed by atoms with van der Waals surface area (Å²) < 4.78 is 31.4. The van der Waals surface area contributed by atoms with Crippen LogP contribution in [0.2, 0.25) is 0 Å². The van der Waals surface area contributed by atoms with E-state index in [2.05, 4.69) is 27.3 Å². The molecule has 2 aliphatic heterocycles. The Balaban J connectivity index is 1.56. The van der Waals surface area contributed by atoms with Gasteiger partial charge in [-0.15, -0.1) is 0 Å². The third-order valence-corrected chi connectivity index (χ3v) is 6.78. The molecule has 4 heterocycles. The molecule has 176 valence electrons. The van der Waals surface area contributed by atoms with Crippen molar-refractivity contribution in [1.82, 2.24) is 20.4 Å². The molecular weight excluding hydrogens is 425 g/mol. The summed E-state index contributed by atoms with van der Waals surface area (Å²) in [6.45, 7) is 8.32. The maximum atomic E-state index is 15.1. The minimum absolute atomic E-state index is 0.201. The van der Waals surface area contributed by atoms with Crippen LogP contribution in [-0.2, 0) is 4.74 Å². The van der Waals surface area contributed by atoms with E-state index >= 15 is 4.39 Å². The minimum atomic E-state index is -0.410. The van der Waals surface area contributed by atoms with Crippen molar-refractivity contribution in [2.24, 2.45) is 0 Å². The number of anilines is 1. The van der Waals surface area contributed by atoms with Gasteiger partial charge in [0.2, 0.25) is 0 Å². The lowest BCUT2D eigenvalue weighted by molar-refractivity contribution is 0.185. The standard InChI is InChI=1S/C24H30FN5O3/c1-13-9-16(27-17-6-8-32-12-17)5-7-30(13)23-21(24-26-15(3)29-33-24)14(2)19-10-18(31-4)11-20(25)22(19)28-23/h10-11,13,16-17,27H,5-9,12H2,1-4H3/t13-,16+,17+/m1/s1. The number of hydrogen-bond donors (Lipinski definition) is 1. The summed E-state index contributed by atoms with van der Waals surface area (Å²) in [4.78, 5) is 11.6. The summed E-state index contributed by atoms with van der Waals surface area (Å²) >= 11 is 0. The van der Waals surface area contributed by atoms with Crippen molar-refractivity contribution in [2.75, 3.05) is 31.8 Å². The van der Waals surface area contributed by atoms with Gasteiger partial charge in [-0.2, -0.15) is 4.98 Å². The van der Waals surface area contributed by atoms with Crippen molar-refractivity contribution in [2.45, 2.75) is 58.2 Å². The van der Waals surface area contributed by atoms with Crippen molar-refractivity contribution in [1.29, 1.82) is 0 Å². The lowest BCUT2D eigenvalue weighted by Gasteiger charge is -2.40. The summed E-state index contributed by atoms with van der Waals surface area (Å²) in [7, 11) is 1.53. The Kier molecular flexibility index (Phi) is 5.92. The first kappa shape index (κ1) is 22.0. The topological polar surface area (TPSA) is 85.5 Å². The molecule has 5 rings (SSSR count). The van der Waals surface area contributed by atoms with Gasteiger partial charge in [0.25, 0.3) is 5.89 Å². The van der Waals surface area contributed by atoms with Crippen molar-refractivity contribution in [3.05, 3.63) is 29.3 Å². The van der Waals surface area contributed by atoms with Crippen LogP contribution in [0.3, 0.4) is 0 Å². The van der Waals surface area contributed by atoms with Crippen molar-refractivity contribution in [3.63, 3.8) is 0 Å². The number of aryl methyl sites for hydroxylation is 2. The average Bonchev–Trinajstić information content (AvgIpc) is 3.46. The van der Waals surface area contributed by atoms with Gasteiger partial charge in [-0.25, -0.2) is 9.37 Å². The lowest BCUT2D eigenvalue weighted by Crippen LogP contribution is -2.50. The first-order valence-corrected chi connectivity index (χ1v) is 11.5. The second-order valence-electron chi connectivity index (χ2n) is 9.08. The average molecular weight is 456 g/mol. The van der Waals surface area contributed by atoms with Gasteiger partial charge in [-0.05, 0) is 51.7 Å². The molecule has 1 aromatic carbocycles. The molecule has 8 nitrogen and oxygen atoms in total. The van der Waals surface area contributed by atoms with Crippen LogP contribution in [0.4, 0.5) is 10.2 Å². The number of ether oxygens (including phenoxy) is 2. The number of nitrogens with zero attached hydrogens (tertiary/aromatic N) is 4. The lowest BCUT2D eigenvalue weighted by atomic mass is 9.95. The van der Waals surface area contributed by atoms with Gasteiger partial charge in [0.15, 0.2) is 11.6 Å².